The molecule has 0 amide bonds. The van der Waals surface area contributed by atoms with Crippen molar-refractivity contribution in [2.75, 3.05) is 13.2 Å². The highest BCUT2D eigenvalue weighted by atomic mass is 16.3. The van der Waals surface area contributed by atoms with Gasteiger partial charge in [-0.2, -0.15) is 0 Å². The summed E-state index contributed by atoms with van der Waals surface area (Å²) in [4.78, 5) is 9.19. The van der Waals surface area contributed by atoms with Crippen LogP contribution in [0.25, 0.3) is 11.2 Å². The van der Waals surface area contributed by atoms with E-state index >= 15 is 0 Å². The van der Waals surface area contributed by atoms with Gasteiger partial charge in [0.05, 0.1) is 6.04 Å². The summed E-state index contributed by atoms with van der Waals surface area (Å²) in [6.07, 6.45) is 6.15. The minimum atomic E-state index is 0.198. The molecule has 1 saturated heterocycles. The molecule has 0 aliphatic carbocycles. The molecule has 0 aromatic carbocycles. The fourth-order valence-corrected chi connectivity index (χ4v) is 2.76. The molecule has 19 heavy (non-hydrogen) atoms. The number of imidazole rings is 1. The number of piperidine rings is 1. The van der Waals surface area contributed by atoms with Gasteiger partial charge < -0.3 is 15.0 Å². The molecule has 1 unspecified atom stereocenters. The molecule has 2 N–H and O–H groups in total. The van der Waals surface area contributed by atoms with Crippen molar-refractivity contribution in [3.8, 4) is 0 Å². The van der Waals surface area contributed by atoms with Crippen LogP contribution < -0.4 is 5.32 Å². The third kappa shape index (κ3) is 2.48. The Bertz CT molecular complexity index is 545. The number of aliphatic hydroxyl groups is 1. The summed E-state index contributed by atoms with van der Waals surface area (Å²) in [6.45, 7) is 2.03. The molecule has 1 atom stereocenters. The summed E-state index contributed by atoms with van der Waals surface area (Å²) < 4.78 is 2.16. The van der Waals surface area contributed by atoms with Gasteiger partial charge in [0.15, 0.2) is 5.65 Å². The molecule has 2 aromatic heterocycles. The van der Waals surface area contributed by atoms with E-state index in [2.05, 4.69) is 14.9 Å². The number of pyridine rings is 1. The number of rotatable bonds is 4. The van der Waals surface area contributed by atoms with Crippen molar-refractivity contribution in [1.29, 1.82) is 0 Å². The van der Waals surface area contributed by atoms with E-state index in [0.29, 0.717) is 6.04 Å². The highest BCUT2D eigenvalue weighted by molar-refractivity contribution is 5.71. The minimum Gasteiger partial charge on any atom is -0.396 e. The first kappa shape index (κ1) is 12.6. The van der Waals surface area contributed by atoms with Crippen LogP contribution >= 0.6 is 0 Å². The molecule has 0 spiro atoms. The van der Waals surface area contributed by atoms with Crippen molar-refractivity contribution in [2.45, 2.75) is 38.3 Å². The summed E-state index contributed by atoms with van der Waals surface area (Å²) in [6, 6.07) is 4.25. The van der Waals surface area contributed by atoms with Crippen LogP contribution in [-0.4, -0.2) is 32.8 Å². The molecule has 0 bridgehead atoms. The molecule has 0 saturated carbocycles. The maximum Gasteiger partial charge on any atom is 0.160 e. The lowest BCUT2D eigenvalue weighted by atomic mass is 10.0. The second-order valence-corrected chi connectivity index (χ2v) is 5.05. The quantitative estimate of drug-likeness (QED) is 0.877. The van der Waals surface area contributed by atoms with Gasteiger partial charge in [0.1, 0.15) is 11.3 Å². The van der Waals surface area contributed by atoms with Gasteiger partial charge in [-0.3, -0.25) is 0 Å². The summed E-state index contributed by atoms with van der Waals surface area (Å²) in [5.74, 6) is 1.07. The smallest absolute Gasteiger partial charge is 0.160 e. The summed E-state index contributed by atoms with van der Waals surface area (Å²) in [7, 11) is 0. The van der Waals surface area contributed by atoms with Crippen molar-refractivity contribution < 1.29 is 5.11 Å². The summed E-state index contributed by atoms with van der Waals surface area (Å²) >= 11 is 0. The predicted octanol–water partition coefficient (Wildman–Crippen LogP) is 1.63. The molecule has 5 nitrogen and oxygen atoms in total. The third-order valence-electron chi connectivity index (χ3n) is 3.70. The van der Waals surface area contributed by atoms with Crippen molar-refractivity contribution in [2.24, 2.45) is 0 Å². The number of hydrogen-bond donors (Lipinski definition) is 2. The lowest BCUT2D eigenvalue weighted by Crippen LogP contribution is -2.29. The molecule has 0 radical (unpaired) electrons. The first-order chi connectivity index (χ1) is 9.40. The van der Waals surface area contributed by atoms with Gasteiger partial charge in [-0.1, -0.05) is 6.42 Å². The SMILES string of the molecule is OCCCn1c(C2CCCCN2)nc2cccnc21. The molecule has 3 heterocycles. The lowest BCUT2D eigenvalue weighted by molar-refractivity contribution is 0.278. The molecule has 5 heteroatoms. The van der Waals surface area contributed by atoms with Gasteiger partial charge in [0, 0.05) is 19.3 Å². The topological polar surface area (TPSA) is 63.0 Å². The van der Waals surface area contributed by atoms with Crippen LogP contribution in [0.4, 0.5) is 0 Å². The monoisotopic (exact) mass is 260 g/mol. The van der Waals surface area contributed by atoms with Crippen LogP contribution in [0, 0.1) is 0 Å². The van der Waals surface area contributed by atoms with Crippen LogP contribution in [-0.2, 0) is 6.54 Å². The zero-order chi connectivity index (χ0) is 13.1. The lowest BCUT2D eigenvalue weighted by Gasteiger charge is -2.23. The Kier molecular flexibility index (Phi) is 3.75. The first-order valence-electron chi connectivity index (χ1n) is 7.05. The van der Waals surface area contributed by atoms with Gasteiger partial charge in [-0.15, -0.1) is 0 Å². The zero-order valence-electron chi connectivity index (χ0n) is 11.0. The van der Waals surface area contributed by atoms with E-state index in [-0.39, 0.29) is 6.61 Å². The number of aryl methyl sites for hydroxylation is 1. The third-order valence-corrected chi connectivity index (χ3v) is 3.70. The Morgan fingerprint density at radius 3 is 3.16 bits per heavy atom. The fraction of sp³-hybridized carbons (Fsp3) is 0.571. The van der Waals surface area contributed by atoms with Crippen LogP contribution in [0.5, 0.6) is 0 Å². The molecular formula is C14H20N4O. The first-order valence-corrected chi connectivity index (χ1v) is 7.05. The number of hydrogen-bond acceptors (Lipinski definition) is 4. The van der Waals surface area contributed by atoms with Crippen molar-refractivity contribution in [3.05, 3.63) is 24.2 Å². The van der Waals surface area contributed by atoms with Gasteiger partial charge in [-0.25, -0.2) is 9.97 Å². The number of nitrogens with zero attached hydrogens (tertiary/aromatic N) is 3. The fourth-order valence-electron chi connectivity index (χ4n) is 2.76. The number of aliphatic hydroxyl groups excluding tert-OH is 1. The molecule has 3 rings (SSSR count). The van der Waals surface area contributed by atoms with E-state index in [1.165, 1.54) is 12.8 Å². The highest BCUT2D eigenvalue weighted by Gasteiger charge is 2.22. The Hall–Kier alpha value is -1.46. The van der Waals surface area contributed by atoms with E-state index in [0.717, 1.165) is 42.9 Å². The number of fused-ring (bicyclic) bond motifs is 1. The van der Waals surface area contributed by atoms with Gasteiger partial charge in [0.25, 0.3) is 0 Å². The Morgan fingerprint density at radius 1 is 1.42 bits per heavy atom. The van der Waals surface area contributed by atoms with Crippen LogP contribution in [0.3, 0.4) is 0 Å². The predicted molar refractivity (Wildman–Crippen MR) is 73.8 cm³/mol. The van der Waals surface area contributed by atoms with Crippen molar-refractivity contribution >= 4 is 11.2 Å². The molecule has 1 aliphatic rings. The van der Waals surface area contributed by atoms with E-state index in [1.807, 2.05) is 12.1 Å². The molecule has 102 valence electrons. The van der Waals surface area contributed by atoms with Gasteiger partial charge in [0.2, 0.25) is 0 Å². The standard InChI is InChI=1S/C14H20N4O/c19-10-4-9-18-13-12(6-3-8-16-13)17-14(18)11-5-1-2-7-15-11/h3,6,8,11,15,19H,1-2,4-5,7,9-10H2. The molecule has 1 aliphatic heterocycles. The molecule has 2 aromatic rings. The van der Waals surface area contributed by atoms with E-state index in [9.17, 15) is 0 Å². The van der Waals surface area contributed by atoms with Crippen LogP contribution in [0.1, 0.15) is 37.5 Å². The Labute approximate surface area is 112 Å². The number of nitrogens with one attached hydrogen (secondary N) is 1. The average molecular weight is 260 g/mol. The second kappa shape index (κ2) is 5.67. The average Bonchev–Trinajstić information content (AvgIpc) is 2.85. The van der Waals surface area contributed by atoms with Gasteiger partial charge in [-0.05, 0) is 37.9 Å². The van der Waals surface area contributed by atoms with Crippen LogP contribution in [0.2, 0.25) is 0 Å². The maximum absolute atomic E-state index is 9.07. The number of aromatic nitrogens is 3. The second-order valence-electron chi connectivity index (χ2n) is 5.05. The largest absolute Gasteiger partial charge is 0.396 e. The zero-order valence-corrected chi connectivity index (χ0v) is 11.0. The maximum atomic E-state index is 9.07. The van der Waals surface area contributed by atoms with E-state index in [1.54, 1.807) is 6.20 Å². The van der Waals surface area contributed by atoms with Crippen molar-refractivity contribution in [1.82, 2.24) is 19.9 Å². The molecular weight excluding hydrogens is 240 g/mol. The minimum absolute atomic E-state index is 0.198. The van der Waals surface area contributed by atoms with E-state index in [4.69, 9.17) is 10.1 Å². The highest BCUT2D eigenvalue weighted by Crippen LogP contribution is 2.25. The van der Waals surface area contributed by atoms with Crippen molar-refractivity contribution in [3.63, 3.8) is 0 Å². The Morgan fingerprint density at radius 2 is 2.37 bits per heavy atom. The summed E-state index contributed by atoms with van der Waals surface area (Å²) in [5.41, 5.74) is 1.88. The van der Waals surface area contributed by atoms with E-state index < -0.39 is 0 Å². The Balaban J connectivity index is 2.00. The molecule has 1 fully saturated rings. The summed E-state index contributed by atoms with van der Waals surface area (Å²) in [5, 5.41) is 12.6. The van der Waals surface area contributed by atoms with Crippen LogP contribution in [0.15, 0.2) is 18.3 Å². The normalized spacial score (nSPS) is 19.9. The van der Waals surface area contributed by atoms with Gasteiger partial charge >= 0.3 is 0 Å².